The Morgan fingerprint density at radius 2 is 2.32 bits per heavy atom. The minimum absolute atomic E-state index is 0.0389. The molecule has 2 amide bonds. The molecule has 0 spiro atoms. The van der Waals surface area contributed by atoms with Crippen LogP contribution in [-0.4, -0.2) is 25.8 Å². The fourth-order valence-electron chi connectivity index (χ4n) is 2.46. The van der Waals surface area contributed by atoms with Crippen molar-refractivity contribution in [3.05, 3.63) is 46.2 Å². The summed E-state index contributed by atoms with van der Waals surface area (Å²) in [5.41, 5.74) is 1.05. The highest BCUT2D eigenvalue weighted by molar-refractivity contribution is 7.09. The van der Waals surface area contributed by atoms with E-state index in [0.717, 1.165) is 28.4 Å². The van der Waals surface area contributed by atoms with Crippen LogP contribution in [0, 0.1) is 0 Å². The maximum atomic E-state index is 11.9. The third-order valence-electron chi connectivity index (χ3n) is 3.51. The zero-order valence-electron chi connectivity index (χ0n) is 12.3. The highest BCUT2D eigenvalue weighted by atomic mass is 32.1. The Morgan fingerprint density at radius 1 is 1.41 bits per heavy atom. The van der Waals surface area contributed by atoms with Gasteiger partial charge in [0.05, 0.1) is 19.7 Å². The van der Waals surface area contributed by atoms with E-state index in [-0.39, 0.29) is 12.1 Å². The molecule has 22 heavy (non-hydrogen) atoms. The van der Waals surface area contributed by atoms with Crippen molar-refractivity contribution in [1.82, 2.24) is 10.6 Å². The molecule has 1 aliphatic rings. The quantitative estimate of drug-likeness (QED) is 0.911. The smallest absolute Gasteiger partial charge is 0.315 e. The number of fused-ring (bicyclic) bond motifs is 1. The zero-order valence-corrected chi connectivity index (χ0v) is 13.1. The van der Waals surface area contributed by atoms with E-state index in [1.165, 1.54) is 0 Å². The number of rotatable bonds is 4. The lowest BCUT2D eigenvalue weighted by atomic mass is 10.0. The number of benzene rings is 1. The molecule has 0 bridgehead atoms. The standard InChI is InChI=1S/C16H18N2O3S/c1-20-14-6-2-4-11-8-12(10-21-15(11)14)18-16(19)17-9-13-5-3-7-22-13/h2-7,12H,8-10H2,1H3,(H2,17,18,19)/t12-/m0/s1. The highest BCUT2D eigenvalue weighted by Gasteiger charge is 2.23. The van der Waals surface area contributed by atoms with Gasteiger partial charge in [0.2, 0.25) is 0 Å². The number of urea groups is 1. The molecule has 2 aromatic rings. The van der Waals surface area contributed by atoms with Gasteiger partial charge in [-0.3, -0.25) is 0 Å². The van der Waals surface area contributed by atoms with Crippen LogP contribution >= 0.6 is 11.3 Å². The SMILES string of the molecule is COc1cccc2c1OC[C@@H](NC(=O)NCc1cccs1)C2. The zero-order chi connectivity index (χ0) is 15.4. The number of amides is 2. The molecule has 5 nitrogen and oxygen atoms in total. The summed E-state index contributed by atoms with van der Waals surface area (Å²) in [7, 11) is 1.63. The van der Waals surface area contributed by atoms with Crippen LogP contribution in [0.25, 0.3) is 0 Å². The second-order valence-corrected chi connectivity index (χ2v) is 6.10. The summed E-state index contributed by atoms with van der Waals surface area (Å²) >= 11 is 1.62. The molecule has 0 unspecified atom stereocenters. The van der Waals surface area contributed by atoms with E-state index < -0.39 is 0 Å². The normalized spacial score (nSPS) is 16.3. The van der Waals surface area contributed by atoms with Crippen molar-refractivity contribution in [2.24, 2.45) is 0 Å². The van der Waals surface area contributed by atoms with Crippen molar-refractivity contribution in [2.75, 3.05) is 13.7 Å². The minimum atomic E-state index is -0.173. The molecule has 2 heterocycles. The third-order valence-corrected chi connectivity index (χ3v) is 4.39. The Hall–Kier alpha value is -2.21. The third kappa shape index (κ3) is 3.33. The van der Waals surface area contributed by atoms with E-state index in [0.29, 0.717) is 13.2 Å². The molecule has 0 radical (unpaired) electrons. The molecule has 2 N–H and O–H groups in total. The number of hydrogen-bond acceptors (Lipinski definition) is 4. The Morgan fingerprint density at radius 3 is 3.09 bits per heavy atom. The average Bonchev–Trinajstić information content (AvgIpc) is 3.05. The number of carbonyl (C=O) groups is 1. The fraction of sp³-hybridized carbons (Fsp3) is 0.312. The molecule has 1 aromatic carbocycles. The molecule has 3 rings (SSSR count). The van der Waals surface area contributed by atoms with Gasteiger partial charge in [0.25, 0.3) is 0 Å². The first-order valence-electron chi connectivity index (χ1n) is 7.11. The van der Waals surface area contributed by atoms with Gasteiger partial charge in [-0.1, -0.05) is 18.2 Å². The van der Waals surface area contributed by atoms with Crippen molar-refractivity contribution >= 4 is 17.4 Å². The number of ether oxygens (including phenoxy) is 2. The van der Waals surface area contributed by atoms with Crippen LogP contribution in [0.5, 0.6) is 11.5 Å². The summed E-state index contributed by atoms with van der Waals surface area (Å²) in [6.07, 6.45) is 0.735. The van der Waals surface area contributed by atoms with Gasteiger partial charge in [0.15, 0.2) is 11.5 Å². The first-order valence-corrected chi connectivity index (χ1v) is 7.99. The number of thiophene rings is 1. The molecule has 0 saturated carbocycles. The summed E-state index contributed by atoms with van der Waals surface area (Å²) in [5, 5.41) is 7.80. The average molecular weight is 318 g/mol. The van der Waals surface area contributed by atoms with Crippen LogP contribution < -0.4 is 20.1 Å². The van der Waals surface area contributed by atoms with Crippen LogP contribution in [0.3, 0.4) is 0 Å². The topological polar surface area (TPSA) is 59.6 Å². The van der Waals surface area contributed by atoms with Crippen molar-refractivity contribution in [3.63, 3.8) is 0 Å². The van der Waals surface area contributed by atoms with Gasteiger partial charge in [-0.05, 0) is 23.9 Å². The van der Waals surface area contributed by atoms with Crippen molar-refractivity contribution in [1.29, 1.82) is 0 Å². The van der Waals surface area contributed by atoms with Gasteiger partial charge in [-0.25, -0.2) is 4.79 Å². The largest absolute Gasteiger partial charge is 0.493 e. The molecular weight excluding hydrogens is 300 g/mol. The Balaban J connectivity index is 1.55. The van der Waals surface area contributed by atoms with Gasteiger partial charge in [0, 0.05) is 10.4 Å². The molecule has 1 aliphatic heterocycles. The van der Waals surface area contributed by atoms with Gasteiger partial charge in [-0.15, -0.1) is 11.3 Å². The number of methoxy groups -OCH3 is 1. The molecule has 1 atom stereocenters. The number of carbonyl (C=O) groups excluding carboxylic acids is 1. The van der Waals surface area contributed by atoms with E-state index in [4.69, 9.17) is 9.47 Å². The van der Waals surface area contributed by atoms with Gasteiger partial charge >= 0.3 is 6.03 Å². The Bertz CT molecular complexity index is 643. The van der Waals surface area contributed by atoms with Crippen molar-refractivity contribution in [3.8, 4) is 11.5 Å². The van der Waals surface area contributed by atoms with Gasteiger partial charge in [-0.2, -0.15) is 0 Å². The highest BCUT2D eigenvalue weighted by Crippen LogP contribution is 2.34. The summed E-state index contributed by atoms with van der Waals surface area (Å²) in [5.74, 6) is 1.51. The van der Waals surface area contributed by atoms with Crippen molar-refractivity contribution < 1.29 is 14.3 Å². The first-order chi connectivity index (χ1) is 10.8. The second kappa shape index (κ2) is 6.70. The van der Waals surface area contributed by atoms with Crippen LogP contribution in [0.4, 0.5) is 4.79 Å². The fourth-order valence-corrected chi connectivity index (χ4v) is 3.11. The lowest BCUT2D eigenvalue weighted by Gasteiger charge is -2.27. The van der Waals surface area contributed by atoms with Gasteiger partial charge < -0.3 is 20.1 Å². The molecule has 6 heteroatoms. The predicted octanol–water partition coefficient (Wildman–Crippen LogP) is 2.56. The van der Waals surface area contributed by atoms with Crippen LogP contribution in [0.15, 0.2) is 35.7 Å². The van der Waals surface area contributed by atoms with Crippen LogP contribution in [0.2, 0.25) is 0 Å². The Kier molecular flexibility index (Phi) is 4.48. The number of para-hydroxylation sites is 1. The molecule has 1 aromatic heterocycles. The van der Waals surface area contributed by atoms with Gasteiger partial charge in [0.1, 0.15) is 6.61 Å². The molecular formula is C16H18N2O3S. The summed E-state index contributed by atoms with van der Waals surface area (Å²) in [4.78, 5) is 13.1. The van der Waals surface area contributed by atoms with E-state index in [9.17, 15) is 4.79 Å². The molecule has 116 valence electrons. The molecule has 0 fully saturated rings. The van der Waals surface area contributed by atoms with Crippen LogP contribution in [-0.2, 0) is 13.0 Å². The minimum Gasteiger partial charge on any atom is -0.493 e. The van der Waals surface area contributed by atoms with E-state index >= 15 is 0 Å². The second-order valence-electron chi connectivity index (χ2n) is 5.07. The lowest BCUT2D eigenvalue weighted by Crippen LogP contribution is -2.47. The maximum absolute atomic E-state index is 11.9. The lowest BCUT2D eigenvalue weighted by molar-refractivity contribution is 0.210. The van der Waals surface area contributed by atoms with E-state index in [2.05, 4.69) is 10.6 Å². The molecule has 0 saturated heterocycles. The van der Waals surface area contributed by atoms with E-state index in [1.54, 1.807) is 18.4 Å². The number of nitrogens with one attached hydrogen (secondary N) is 2. The maximum Gasteiger partial charge on any atom is 0.315 e. The monoisotopic (exact) mass is 318 g/mol. The molecule has 0 aliphatic carbocycles. The summed E-state index contributed by atoms with van der Waals surface area (Å²) in [6.45, 7) is 0.987. The van der Waals surface area contributed by atoms with E-state index in [1.807, 2.05) is 35.7 Å². The Labute approximate surface area is 133 Å². The predicted molar refractivity (Wildman–Crippen MR) is 85.7 cm³/mol. The van der Waals surface area contributed by atoms with Crippen LogP contribution in [0.1, 0.15) is 10.4 Å². The first kappa shape index (κ1) is 14.7. The number of hydrogen-bond donors (Lipinski definition) is 2. The summed E-state index contributed by atoms with van der Waals surface area (Å²) < 4.78 is 11.0. The summed E-state index contributed by atoms with van der Waals surface area (Å²) in [6, 6.07) is 9.56. The van der Waals surface area contributed by atoms with Crippen molar-refractivity contribution in [2.45, 2.75) is 19.0 Å².